The first-order chi connectivity index (χ1) is 14.3. The number of imidazole rings is 1. The van der Waals surface area contributed by atoms with E-state index in [1.54, 1.807) is 11.1 Å². The third kappa shape index (κ3) is 3.98. The van der Waals surface area contributed by atoms with Crippen molar-refractivity contribution in [2.75, 3.05) is 31.1 Å². The van der Waals surface area contributed by atoms with Crippen molar-refractivity contribution in [2.45, 2.75) is 13.1 Å². The van der Waals surface area contributed by atoms with Gasteiger partial charge >= 0.3 is 6.18 Å². The summed E-state index contributed by atoms with van der Waals surface area (Å²) in [5.74, 6) is 1.91. The summed E-state index contributed by atoms with van der Waals surface area (Å²) in [7, 11) is 0. The normalized spacial score (nSPS) is 14.8. The molecule has 3 aromatic rings. The zero-order chi connectivity index (χ0) is 21.3. The molecule has 7 nitrogen and oxygen atoms in total. The molecule has 1 aliphatic heterocycles. The minimum Gasteiger partial charge on any atom is -0.352 e. The standard InChI is InChI=1S/C20H19F3N6O/c1-14-24-8-9-29(14)18-7-6-17(25-26-18)27-10-12-28(13-11-27)19(30)15-2-4-16(5-3-15)20(21,22)23/h2-9H,10-13H2,1H3. The first-order valence-electron chi connectivity index (χ1n) is 9.38. The van der Waals surface area contributed by atoms with Gasteiger partial charge in [0.1, 0.15) is 5.82 Å². The van der Waals surface area contributed by atoms with Gasteiger partial charge in [0.25, 0.3) is 5.91 Å². The SMILES string of the molecule is Cc1nccn1-c1ccc(N2CCN(C(=O)c3ccc(C(F)(F)F)cc3)CC2)nn1. The van der Waals surface area contributed by atoms with Crippen LogP contribution in [0.15, 0.2) is 48.8 Å². The van der Waals surface area contributed by atoms with Gasteiger partial charge in [0, 0.05) is 44.1 Å². The summed E-state index contributed by atoms with van der Waals surface area (Å²) < 4.78 is 39.9. The molecule has 0 atom stereocenters. The molecule has 1 amide bonds. The molecule has 0 N–H and O–H groups in total. The Kier molecular flexibility index (Phi) is 5.15. The van der Waals surface area contributed by atoms with Crippen LogP contribution in [0.3, 0.4) is 0 Å². The van der Waals surface area contributed by atoms with Crippen molar-refractivity contribution in [3.63, 3.8) is 0 Å². The van der Waals surface area contributed by atoms with Gasteiger partial charge in [-0.25, -0.2) is 4.98 Å². The third-order valence-corrected chi connectivity index (χ3v) is 5.06. The number of hydrogen-bond acceptors (Lipinski definition) is 5. The number of hydrogen-bond donors (Lipinski definition) is 0. The topological polar surface area (TPSA) is 67.2 Å². The van der Waals surface area contributed by atoms with E-state index in [9.17, 15) is 18.0 Å². The number of aryl methyl sites for hydroxylation is 1. The van der Waals surface area contributed by atoms with E-state index in [-0.39, 0.29) is 11.5 Å². The fraction of sp³-hybridized carbons (Fsp3) is 0.300. The van der Waals surface area contributed by atoms with Crippen molar-refractivity contribution in [2.24, 2.45) is 0 Å². The number of anilines is 1. The molecule has 4 rings (SSSR count). The Morgan fingerprint density at radius 1 is 0.933 bits per heavy atom. The van der Waals surface area contributed by atoms with E-state index >= 15 is 0 Å². The molecule has 0 bridgehead atoms. The van der Waals surface area contributed by atoms with Gasteiger partial charge in [0.2, 0.25) is 0 Å². The van der Waals surface area contributed by atoms with Gasteiger partial charge in [0.15, 0.2) is 11.6 Å². The van der Waals surface area contributed by atoms with Crippen molar-refractivity contribution in [1.29, 1.82) is 0 Å². The lowest BCUT2D eigenvalue weighted by atomic mass is 10.1. The van der Waals surface area contributed by atoms with Crippen LogP contribution < -0.4 is 4.90 Å². The Bertz CT molecular complexity index is 1020. The maximum Gasteiger partial charge on any atom is 0.416 e. The van der Waals surface area contributed by atoms with Crippen molar-refractivity contribution < 1.29 is 18.0 Å². The van der Waals surface area contributed by atoms with E-state index < -0.39 is 11.7 Å². The highest BCUT2D eigenvalue weighted by atomic mass is 19.4. The zero-order valence-electron chi connectivity index (χ0n) is 16.2. The highest BCUT2D eigenvalue weighted by Crippen LogP contribution is 2.29. The molecule has 1 saturated heterocycles. The van der Waals surface area contributed by atoms with Crippen LogP contribution in [0.5, 0.6) is 0 Å². The molecule has 1 aromatic carbocycles. The van der Waals surface area contributed by atoms with Crippen LogP contribution in [0.4, 0.5) is 19.0 Å². The van der Waals surface area contributed by atoms with Crippen molar-refractivity contribution in [3.05, 3.63) is 65.7 Å². The molecule has 0 saturated carbocycles. The largest absolute Gasteiger partial charge is 0.416 e. The van der Waals surface area contributed by atoms with E-state index in [1.807, 2.05) is 34.7 Å². The van der Waals surface area contributed by atoms with E-state index in [2.05, 4.69) is 15.2 Å². The molecule has 3 heterocycles. The van der Waals surface area contributed by atoms with Crippen LogP contribution >= 0.6 is 0 Å². The fourth-order valence-electron chi connectivity index (χ4n) is 3.36. The second kappa shape index (κ2) is 7.77. The maximum absolute atomic E-state index is 12.7. The van der Waals surface area contributed by atoms with Gasteiger partial charge in [-0.2, -0.15) is 13.2 Å². The van der Waals surface area contributed by atoms with E-state index in [4.69, 9.17) is 0 Å². The number of carbonyl (C=O) groups is 1. The van der Waals surface area contributed by atoms with Gasteiger partial charge in [0.05, 0.1) is 5.56 Å². The Balaban J connectivity index is 1.38. The van der Waals surface area contributed by atoms with Crippen LogP contribution in [0.25, 0.3) is 5.82 Å². The molecule has 156 valence electrons. The second-order valence-electron chi connectivity index (χ2n) is 6.95. The predicted molar refractivity (Wildman–Crippen MR) is 103 cm³/mol. The van der Waals surface area contributed by atoms with Gasteiger partial charge in [-0.05, 0) is 43.3 Å². The number of piperazine rings is 1. The first kappa shape index (κ1) is 19.9. The summed E-state index contributed by atoms with van der Waals surface area (Å²) in [5.41, 5.74) is -0.520. The molecule has 1 fully saturated rings. The minimum atomic E-state index is -4.42. The summed E-state index contributed by atoms with van der Waals surface area (Å²) in [6.45, 7) is 3.89. The lowest BCUT2D eigenvalue weighted by Crippen LogP contribution is -2.49. The number of nitrogens with zero attached hydrogens (tertiary/aromatic N) is 6. The highest BCUT2D eigenvalue weighted by molar-refractivity contribution is 5.94. The summed E-state index contributed by atoms with van der Waals surface area (Å²) in [6.07, 6.45) is -0.914. The van der Waals surface area contributed by atoms with Gasteiger partial charge < -0.3 is 9.80 Å². The summed E-state index contributed by atoms with van der Waals surface area (Å²) in [4.78, 5) is 20.4. The third-order valence-electron chi connectivity index (χ3n) is 5.06. The Morgan fingerprint density at radius 2 is 1.57 bits per heavy atom. The maximum atomic E-state index is 12.7. The van der Waals surface area contributed by atoms with Gasteiger partial charge in [-0.15, -0.1) is 10.2 Å². The average Bonchev–Trinajstić information content (AvgIpc) is 3.19. The number of aromatic nitrogens is 4. The predicted octanol–water partition coefficient (Wildman–Crippen LogP) is 2.95. The second-order valence-corrected chi connectivity index (χ2v) is 6.95. The molecule has 2 aromatic heterocycles. The molecule has 0 aliphatic carbocycles. The van der Waals surface area contributed by atoms with Crippen LogP contribution in [0.2, 0.25) is 0 Å². The van der Waals surface area contributed by atoms with Crippen molar-refractivity contribution in [1.82, 2.24) is 24.6 Å². The number of amides is 1. The summed E-state index contributed by atoms with van der Waals surface area (Å²) in [6, 6.07) is 8.04. The zero-order valence-corrected chi connectivity index (χ0v) is 16.2. The van der Waals surface area contributed by atoms with Crippen LogP contribution in [-0.4, -0.2) is 56.7 Å². The molecule has 30 heavy (non-hydrogen) atoms. The quantitative estimate of drug-likeness (QED) is 0.657. The number of carbonyl (C=O) groups excluding carboxylic acids is 1. The lowest BCUT2D eigenvalue weighted by Gasteiger charge is -2.35. The molecule has 0 radical (unpaired) electrons. The molecule has 0 spiro atoms. The van der Waals surface area contributed by atoms with Crippen LogP contribution in [0.1, 0.15) is 21.7 Å². The lowest BCUT2D eigenvalue weighted by molar-refractivity contribution is -0.137. The number of rotatable bonds is 3. The smallest absolute Gasteiger partial charge is 0.352 e. The van der Waals surface area contributed by atoms with E-state index in [0.717, 1.165) is 18.0 Å². The average molecular weight is 416 g/mol. The highest BCUT2D eigenvalue weighted by Gasteiger charge is 2.30. The van der Waals surface area contributed by atoms with E-state index in [0.29, 0.717) is 37.8 Å². The first-order valence-corrected chi connectivity index (χ1v) is 9.38. The van der Waals surface area contributed by atoms with Crippen LogP contribution in [-0.2, 0) is 6.18 Å². The summed E-state index contributed by atoms with van der Waals surface area (Å²) >= 11 is 0. The Morgan fingerprint density at radius 3 is 2.10 bits per heavy atom. The Labute approximate surface area is 170 Å². The minimum absolute atomic E-state index is 0.247. The number of alkyl halides is 3. The molecular weight excluding hydrogens is 397 g/mol. The number of halogens is 3. The number of benzene rings is 1. The molecule has 0 unspecified atom stereocenters. The Hall–Kier alpha value is -3.43. The molecular formula is C20H19F3N6O. The molecule has 10 heteroatoms. The van der Waals surface area contributed by atoms with Crippen molar-refractivity contribution >= 4 is 11.7 Å². The van der Waals surface area contributed by atoms with Gasteiger partial charge in [-0.3, -0.25) is 9.36 Å². The summed E-state index contributed by atoms with van der Waals surface area (Å²) in [5, 5.41) is 8.52. The van der Waals surface area contributed by atoms with E-state index in [1.165, 1.54) is 12.1 Å². The molecule has 1 aliphatic rings. The van der Waals surface area contributed by atoms with Crippen molar-refractivity contribution in [3.8, 4) is 5.82 Å². The van der Waals surface area contributed by atoms with Gasteiger partial charge in [-0.1, -0.05) is 0 Å². The monoisotopic (exact) mass is 416 g/mol. The fourth-order valence-corrected chi connectivity index (χ4v) is 3.36. The van der Waals surface area contributed by atoms with Crippen LogP contribution in [0, 0.1) is 6.92 Å².